The number of carbonyl (C=O) groups is 2. The first-order valence-corrected chi connectivity index (χ1v) is 7.86. The second kappa shape index (κ2) is 11.2. The number of amides is 1. The summed E-state index contributed by atoms with van der Waals surface area (Å²) >= 11 is 0. The van der Waals surface area contributed by atoms with Gasteiger partial charge in [0, 0.05) is 26.3 Å². The molecule has 0 heterocycles. The molecule has 0 N–H and O–H groups in total. The van der Waals surface area contributed by atoms with Gasteiger partial charge in [0.15, 0.2) is 0 Å². The van der Waals surface area contributed by atoms with Gasteiger partial charge in [-0.25, -0.2) is 0 Å². The van der Waals surface area contributed by atoms with Crippen molar-refractivity contribution in [3.8, 4) is 5.75 Å². The molecule has 0 radical (unpaired) electrons. The van der Waals surface area contributed by atoms with Gasteiger partial charge in [0.25, 0.3) is 0 Å². The summed E-state index contributed by atoms with van der Waals surface area (Å²) in [6.07, 6.45) is 3.38. The Hall–Kier alpha value is -2.34. The Morgan fingerprint density at radius 2 is 1.83 bits per heavy atom. The van der Waals surface area contributed by atoms with Crippen LogP contribution in [-0.2, 0) is 19.1 Å². The zero-order valence-corrected chi connectivity index (χ0v) is 14.5. The van der Waals surface area contributed by atoms with Crippen molar-refractivity contribution >= 4 is 18.0 Å². The van der Waals surface area contributed by atoms with Crippen LogP contribution in [-0.4, -0.2) is 57.3 Å². The van der Waals surface area contributed by atoms with E-state index in [0.717, 1.165) is 11.3 Å². The van der Waals surface area contributed by atoms with Gasteiger partial charge in [-0.05, 0) is 30.7 Å². The van der Waals surface area contributed by atoms with Crippen LogP contribution in [0.1, 0.15) is 18.9 Å². The molecule has 0 aliphatic rings. The fourth-order valence-electron chi connectivity index (χ4n) is 1.98. The highest BCUT2D eigenvalue weighted by molar-refractivity contribution is 5.92. The predicted molar refractivity (Wildman–Crippen MR) is 91.7 cm³/mol. The molecule has 1 rings (SSSR count). The van der Waals surface area contributed by atoms with E-state index in [1.807, 2.05) is 31.2 Å². The third-order valence-corrected chi connectivity index (χ3v) is 3.30. The third kappa shape index (κ3) is 7.28. The van der Waals surface area contributed by atoms with Crippen molar-refractivity contribution in [3.05, 3.63) is 35.9 Å². The third-order valence-electron chi connectivity index (χ3n) is 3.30. The monoisotopic (exact) mass is 335 g/mol. The van der Waals surface area contributed by atoms with Gasteiger partial charge in [0.2, 0.25) is 5.91 Å². The molecule has 1 amide bonds. The predicted octanol–water partition coefficient (Wildman–Crippen LogP) is 2.14. The zero-order valence-electron chi connectivity index (χ0n) is 14.5. The molecule has 0 bridgehead atoms. The van der Waals surface area contributed by atoms with E-state index in [2.05, 4.69) is 4.74 Å². The van der Waals surface area contributed by atoms with E-state index in [1.165, 1.54) is 13.2 Å². The van der Waals surface area contributed by atoms with Crippen molar-refractivity contribution in [2.75, 3.05) is 40.5 Å². The number of nitrogens with zero attached hydrogens (tertiary/aromatic N) is 1. The molecule has 0 saturated heterocycles. The minimum absolute atomic E-state index is 0.156. The van der Waals surface area contributed by atoms with Gasteiger partial charge in [-0.15, -0.1) is 0 Å². The van der Waals surface area contributed by atoms with Gasteiger partial charge >= 0.3 is 5.97 Å². The Morgan fingerprint density at radius 1 is 1.12 bits per heavy atom. The first-order chi connectivity index (χ1) is 11.6. The summed E-state index contributed by atoms with van der Waals surface area (Å²) < 4.78 is 15.0. The number of carbonyl (C=O) groups excluding carboxylic acids is 2. The van der Waals surface area contributed by atoms with Crippen LogP contribution in [0.2, 0.25) is 0 Å². The minimum Gasteiger partial charge on any atom is -0.494 e. The smallest absolute Gasteiger partial charge is 0.307 e. The van der Waals surface area contributed by atoms with E-state index in [9.17, 15) is 9.59 Å². The van der Waals surface area contributed by atoms with E-state index in [0.29, 0.717) is 26.3 Å². The van der Waals surface area contributed by atoms with Crippen LogP contribution < -0.4 is 4.74 Å². The summed E-state index contributed by atoms with van der Waals surface area (Å²) in [6.45, 7) is 3.66. The molecule has 6 heteroatoms. The molecular formula is C18H25NO5. The SMILES string of the molecule is CCOc1ccc(/C=C/C(=O)N(CCOC)CCC(=O)OC)cc1. The lowest BCUT2D eigenvalue weighted by molar-refractivity contribution is -0.141. The molecule has 0 atom stereocenters. The van der Waals surface area contributed by atoms with Crippen LogP contribution in [0.25, 0.3) is 6.08 Å². The maximum Gasteiger partial charge on any atom is 0.307 e. The molecule has 0 fully saturated rings. The largest absolute Gasteiger partial charge is 0.494 e. The van der Waals surface area contributed by atoms with Crippen LogP contribution in [0.15, 0.2) is 30.3 Å². The van der Waals surface area contributed by atoms with Crippen LogP contribution in [0.5, 0.6) is 5.75 Å². The second-order valence-corrected chi connectivity index (χ2v) is 4.98. The molecule has 1 aromatic carbocycles. The number of methoxy groups -OCH3 is 2. The molecule has 0 unspecified atom stereocenters. The zero-order chi connectivity index (χ0) is 17.8. The summed E-state index contributed by atoms with van der Waals surface area (Å²) in [4.78, 5) is 25.1. The molecule has 24 heavy (non-hydrogen) atoms. The van der Waals surface area contributed by atoms with Gasteiger partial charge in [0.05, 0.1) is 26.7 Å². The van der Waals surface area contributed by atoms with Crippen LogP contribution in [0.4, 0.5) is 0 Å². The Bertz CT molecular complexity index is 539. The maximum absolute atomic E-state index is 12.3. The molecule has 0 aliphatic carbocycles. The van der Waals surface area contributed by atoms with Crippen molar-refractivity contribution in [2.24, 2.45) is 0 Å². The molecule has 1 aromatic rings. The average Bonchev–Trinajstić information content (AvgIpc) is 2.61. The van der Waals surface area contributed by atoms with E-state index in [1.54, 1.807) is 18.1 Å². The van der Waals surface area contributed by atoms with Gasteiger partial charge in [-0.1, -0.05) is 12.1 Å². The summed E-state index contributed by atoms with van der Waals surface area (Å²) in [5.41, 5.74) is 0.895. The number of rotatable bonds is 10. The first kappa shape index (κ1) is 19.7. The van der Waals surface area contributed by atoms with E-state index in [-0.39, 0.29) is 18.3 Å². The Balaban J connectivity index is 2.65. The first-order valence-electron chi connectivity index (χ1n) is 7.86. The highest BCUT2D eigenvalue weighted by atomic mass is 16.5. The lowest BCUT2D eigenvalue weighted by atomic mass is 10.2. The van der Waals surface area contributed by atoms with Gasteiger partial charge in [-0.2, -0.15) is 0 Å². The lowest BCUT2D eigenvalue weighted by Gasteiger charge is -2.20. The number of benzene rings is 1. The molecule has 0 aliphatic heterocycles. The van der Waals surface area contributed by atoms with Gasteiger partial charge in [0.1, 0.15) is 5.75 Å². The van der Waals surface area contributed by atoms with E-state index >= 15 is 0 Å². The Morgan fingerprint density at radius 3 is 2.42 bits per heavy atom. The normalized spacial score (nSPS) is 10.6. The summed E-state index contributed by atoms with van der Waals surface area (Å²) in [6, 6.07) is 7.46. The van der Waals surface area contributed by atoms with Crippen LogP contribution in [0.3, 0.4) is 0 Å². The standard InChI is InChI=1S/C18H25NO5/c1-4-24-16-8-5-15(6-9-16)7-10-17(20)19(13-14-22-2)12-11-18(21)23-3/h5-10H,4,11-14H2,1-3H3/b10-7+. The van der Waals surface area contributed by atoms with Crippen molar-refractivity contribution in [1.82, 2.24) is 4.90 Å². The highest BCUT2D eigenvalue weighted by Crippen LogP contribution is 2.13. The van der Waals surface area contributed by atoms with Gasteiger partial charge in [-0.3, -0.25) is 9.59 Å². The Kier molecular flexibility index (Phi) is 9.23. The van der Waals surface area contributed by atoms with Crippen molar-refractivity contribution in [1.29, 1.82) is 0 Å². The summed E-state index contributed by atoms with van der Waals surface area (Å²) in [7, 11) is 2.90. The second-order valence-electron chi connectivity index (χ2n) is 4.98. The van der Waals surface area contributed by atoms with Crippen molar-refractivity contribution < 1.29 is 23.8 Å². The highest BCUT2D eigenvalue weighted by Gasteiger charge is 2.12. The van der Waals surface area contributed by atoms with Crippen molar-refractivity contribution in [2.45, 2.75) is 13.3 Å². The van der Waals surface area contributed by atoms with E-state index in [4.69, 9.17) is 9.47 Å². The maximum atomic E-state index is 12.3. The van der Waals surface area contributed by atoms with E-state index < -0.39 is 0 Å². The molecule has 0 saturated carbocycles. The fourth-order valence-corrected chi connectivity index (χ4v) is 1.98. The quantitative estimate of drug-likeness (QED) is 0.484. The molecule has 6 nitrogen and oxygen atoms in total. The minimum atomic E-state index is -0.347. The van der Waals surface area contributed by atoms with Crippen LogP contribution >= 0.6 is 0 Å². The number of hydrogen-bond donors (Lipinski definition) is 0. The van der Waals surface area contributed by atoms with Crippen molar-refractivity contribution in [3.63, 3.8) is 0 Å². The van der Waals surface area contributed by atoms with Gasteiger partial charge < -0.3 is 19.1 Å². The number of esters is 1. The van der Waals surface area contributed by atoms with Crippen LogP contribution in [0, 0.1) is 0 Å². The fraction of sp³-hybridized carbons (Fsp3) is 0.444. The summed E-state index contributed by atoms with van der Waals surface area (Å²) in [5.74, 6) is 0.270. The average molecular weight is 335 g/mol. The lowest BCUT2D eigenvalue weighted by Crippen LogP contribution is -2.34. The molecular weight excluding hydrogens is 310 g/mol. The molecule has 132 valence electrons. The summed E-state index contributed by atoms with van der Waals surface area (Å²) in [5, 5.41) is 0. The topological polar surface area (TPSA) is 65.1 Å². The number of hydrogen-bond acceptors (Lipinski definition) is 5. The Labute approximate surface area is 143 Å². The molecule has 0 aromatic heterocycles. The number of ether oxygens (including phenoxy) is 3. The molecule has 0 spiro atoms.